The Morgan fingerprint density at radius 1 is 1.57 bits per heavy atom. The molecule has 0 bridgehead atoms. The average molecular weight is 320 g/mol. The molecule has 7 nitrogen and oxygen atoms in total. The average Bonchev–Trinajstić information content (AvgIpc) is 2.60. The van der Waals surface area contributed by atoms with Crippen LogP contribution in [0.25, 0.3) is 0 Å². The van der Waals surface area contributed by atoms with E-state index in [0.717, 1.165) is 12.8 Å². The molecule has 23 heavy (non-hydrogen) atoms. The van der Waals surface area contributed by atoms with Gasteiger partial charge in [0, 0.05) is 32.4 Å². The lowest BCUT2D eigenvalue weighted by atomic mass is 9.96. The van der Waals surface area contributed by atoms with Gasteiger partial charge in [0.25, 0.3) is 5.91 Å². The predicted molar refractivity (Wildman–Crippen MR) is 85.7 cm³/mol. The Hall–Kier alpha value is -2.15. The molecule has 126 valence electrons. The predicted octanol–water partition coefficient (Wildman–Crippen LogP) is 0.162. The molecule has 2 atom stereocenters. The maximum Gasteiger partial charge on any atom is 0.263 e. The van der Waals surface area contributed by atoms with Crippen molar-refractivity contribution in [2.75, 3.05) is 26.2 Å². The number of amides is 2. The van der Waals surface area contributed by atoms with Crippen LogP contribution < -0.4 is 15.8 Å². The Morgan fingerprint density at radius 3 is 3.09 bits per heavy atom. The van der Waals surface area contributed by atoms with Crippen LogP contribution in [0.2, 0.25) is 0 Å². The summed E-state index contributed by atoms with van der Waals surface area (Å²) in [4.78, 5) is 30.2. The van der Waals surface area contributed by atoms with Gasteiger partial charge >= 0.3 is 0 Å². The number of likely N-dealkylation sites (tertiary alicyclic amines) is 1. The summed E-state index contributed by atoms with van der Waals surface area (Å²) in [6.07, 6.45) is 4.21. The van der Waals surface area contributed by atoms with Crippen molar-refractivity contribution in [2.45, 2.75) is 25.9 Å². The zero-order valence-electron chi connectivity index (χ0n) is 13.4. The molecule has 1 aliphatic rings. The van der Waals surface area contributed by atoms with Gasteiger partial charge < -0.3 is 20.7 Å². The number of nitrogens with two attached hydrogens (primary N) is 1. The van der Waals surface area contributed by atoms with Crippen LogP contribution in [0.15, 0.2) is 24.5 Å². The largest absolute Gasteiger partial charge is 0.479 e. The number of carbonyl (C=O) groups excluding carboxylic acids is 2. The third-order valence-electron chi connectivity index (χ3n) is 3.84. The van der Waals surface area contributed by atoms with Crippen molar-refractivity contribution >= 4 is 11.8 Å². The summed E-state index contributed by atoms with van der Waals surface area (Å²) in [5.74, 6) is 0.242. The van der Waals surface area contributed by atoms with Crippen LogP contribution in [0.5, 0.6) is 5.75 Å². The van der Waals surface area contributed by atoms with Crippen molar-refractivity contribution in [2.24, 2.45) is 11.7 Å². The summed E-state index contributed by atoms with van der Waals surface area (Å²) in [6.45, 7) is 3.67. The molecule has 1 fully saturated rings. The van der Waals surface area contributed by atoms with Crippen molar-refractivity contribution in [3.05, 3.63) is 24.5 Å². The third-order valence-corrected chi connectivity index (χ3v) is 3.84. The second kappa shape index (κ2) is 8.47. The van der Waals surface area contributed by atoms with Crippen molar-refractivity contribution in [3.63, 3.8) is 0 Å². The molecule has 2 amide bonds. The topological polar surface area (TPSA) is 97.5 Å². The Morgan fingerprint density at radius 2 is 2.39 bits per heavy atom. The Kier molecular flexibility index (Phi) is 6.34. The minimum Gasteiger partial charge on any atom is -0.479 e. The fraction of sp³-hybridized carbons (Fsp3) is 0.562. The monoisotopic (exact) mass is 320 g/mol. The van der Waals surface area contributed by atoms with Crippen molar-refractivity contribution < 1.29 is 14.3 Å². The molecule has 0 spiro atoms. The van der Waals surface area contributed by atoms with Crippen molar-refractivity contribution in [1.82, 2.24) is 15.2 Å². The van der Waals surface area contributed by atoms with E-state index < -0.39 is 6.10 Å². The Labute approximate surface area is 136 Å². The molecule has 1 saturated heterocycles. The quantitative estimate of drug-likeness (QED) is 0.778. The SMILES string of the molecule is CC(Oc1cccnc1)C(=O)N1CCCC(C(=O)NCCN)C1. The number of aromatic nitrogens is 1. The van der Waals surface area contributed by atoms with Crippen LogP contribution in [0.4, 0.5) is 0 Å². The van der Waals surface area contributed by atoms with Crippen LogP contribution in [0.3, 0.4) is 0 Å². The first-order valence-electron chi connectivity index (χ1n) is 7.95. The molecule has 1 aromatic heterocycles. The summed E-state index contributed by atoms with van der Waals surface area (Å²) in [6, 6.07) is 3.52. The molecular weight excluding hydrogens is 296 g/mol. The lowest BCUT2D eigenvalue weighted by Gasteiger charge is -2.33. The third kappa shape index (κ3) is 4.92. The second-order valence-corrected chi connectivity index (χ2v) is 5.65. The van der Waals surface area contributed by atoms with Crippen LogP contribution in [0, 0.1) is 5.92 Å². The minimum absolute atomic E-state index is 0.0335. The molecule has 0 radical (unpaired) electrons. The van der Waals surface area contributed by atoms with Gasteiger partial charge in [-0.05, 0) is 31.9 Å². The van der Waals surface area contributed by atoms with E-state index in [1.807, 2.05) is 0 Å². The second-order valence-electron chi connectivity index (χ2n) is 5.65. The van der Waals surface area contributed by atoms with E-state index in [9.17, 15) is 9.59 Å². The van der Waals surface area contributed by atoms with Gasteiger partial charge in [-0.1, -0.05) is 0 Å². The molecule has 1 aromatic rings. The van der Waals surface area contributed by atoms with E-state index in [0.29, 0.717) is 31.9 Å². The van der Waals surface area contributed by atoms with Gasteiger partial charge in [-0.2, -0.15) is 0 Å². The first-order chi connectivity index (χ1) is 11.1. The van der Waals surface area contributed by atoms with Gasteiger partial charge in [0.1, 0.15) is 5.75 Å². The number of hydrogen-bond donors (Lipinski definition) is 2. The highest BCUT2D eigenvalue weighted by Crippen LogP contribution is 2.19. The number of nitrogens with one attached hydrogen (secondary N) is 1. The first kappa shape index (κ1) is 17.2. The van der Waals surface area contributed by atoms with Gasteiger partial charge in [-0.3, -0.25) is 14.6 Å². The number of hydrogen-bond acceptors (Lipinski definition) is 5. The fourth-order valence-corrected chi connectivity index (χ4v) is 2.66. The maximum atomic E-state index is 12.5. The van der Waals surface area contributed by atoms with E-state index in [1.165, 1.54) is 0 Å². The summed E-state index contributed by atoms with van der Waals surface area (Å²) < 4.78 is 5.62. The summed E-state index contributed by atoms with van der Waals surface area (Å²) in [5, 5.41) is 2.79. The van der Waals surface area contributed by atoms with E-state index in [4.69, 9.17) is 10.5 Å². The van der Waals surface area contributed by atoms with E-state index >= 15 is 0 Å². The summed E-state index contributed by atoms with van der Waals surface area (Å²) in [7, 11) is 0. The number of piperidine rings is 1. The molecule has 0 aliphatic carbocycles. The first-order valence-corrected chi connectivity index (χ1v) is 7.95. The molecule has 1 aliphatic heterocycles. The molecule has 0 saturated carbocycles. The number of nitrogens with zero attached hydrogens (tertiary/aromatic N) is 2. The Bertz CT molecular complexity index is 523. The molecular formula is C16H24N4O3. The molecule has 0 aromatic carbocycles. The molecule has 3 N–H and O–H groups in total. The normalized spacial score (nSPS) is 19.0. The van der Waals surface area contributed by atoms with E-state index in [-0.39, 0.29) is 17.7 Å². The number of carbonyl (C=O) groups is 2. The van der Waals surface area contributed by atoms with Crippen molar-refractivity contribution in [1.29, 1.82) is 0 Å². The van der Waals surface area contributed by atoms with E-state index in [2.05, 4.69) is 10.3 Å². The van der Waals surface area contributed by atoms with Gasteiger partial charge in [0.05, 0.1) is 12.1 Å². The lowest BCUT2D eigenvalue weighted by molar-refractivity contribution is -0.141. The number of ether oxygens (including phenoxy) is 1. The summed E-state index contributed by atoms with van der Waals surface area (Å²) >= 11 is 0. The van der Waals surface area contributed by atoms with Gasteiger partial charge in [-0.25, -0.2) is 0 Å². The van der Waals surface area contributed by atoms with Crippen LogP contribution in [-0.2, 0) is 9.59 Å². The molecule has 2 rings (SSSR count). The van der Waals surface area contributed by atoms with Crippen LogP contribution >= 0.6 is 0 Å². The zero-order valence-corrected chi connectivity index (χ0v) is 13.4. The van der Waals surface area contributed by atoms with Crippen molar-refractivity contribution in [3.8, 4) is 5.75 Å². The standard InChI is InChI=1S/C16H24N4O3/c1-12(23-14-5-2-7-18-10-14)16(22)20-9-3-4-13(11-20)15(21)19-8-6-17/h2,5,7,10,12-13H,3-4,6,8-9,11,17H2,1H3,(H,19,21). The highest BCUT2D eigenvalue weighted by Gasteiger charge is 2.30. The van der Waals surface area contributed by atoms with Gasteiger partial charge in [0.15, 0.2) is 6.10 Å². The maximum absolute atomic E-state index is 12.5. The van der Waals surface area contributed by atoms with Crippen LogP contribution in [-0.4, -0.2) is 54.0 Å². The summed E-state index contributed by atoms with van der Waals surface area (Å²) in [5.41, 5.74) is 5.39. The number of pyridine rings is 1. The number of rotatable bonds is 6. The fourth-order valence-electron chi connectivity index (χ4n) is 2.66. The molecule has 2 heterocycles. The van der Waals surface area contributed by atoms with Crippen LogP contribution in [0.1, 0.15) is 19.8 Å². The molecule has 7 heteroatoms. The van der Waals surface area contributed by atoms with Gasteiger partial charge in [-0.15, -0.1) is 0 Å². The highest BCUT2D eigenvalue weighted by atomic mass is 16.5. The molecule has 2 unspecified atom stereocenters. The van der Waals surface area contributed by atoms with E-state index in [1.54, 1.807) is 36.4 Å². The van der Waals surface area contributed by atoms with Gasteiger partial charge in [0.2, 0.25) is 5.91 Å². The smallest absolute Gasteiger partial charge is 0.263 e. The minimum atomic E-state index is -0.606. The Balaban J connectivity index is 1.89. The highest BCUT2D eigenvalue weighted by molar-refractivity contribution is 5.83. The zero-order chi connectivity index (χ0) is 16.7. The lowest BCUT2D eigenvalue weighted by Crippen LogP contribution is -2.49.